The average molecular weight is 294 g/mol. The first-order chi connectivity index (χ1) is 9.47. The average Bonchev–Trinajstić information content (AvgIpc) is 3.21. The Morgan fingerprint density at radius 2 is 1.85 bits per heavy atom. The molecule has 1 aromatic heterocycles. The number of anilines is 1. The summed E-state index contributed by atoms with van der Waals surface area (Å²) in [4.78, 5) is 11.8. The lowest BCUT2D eigenvalue weighted by molar-refractivity contribution is 0.295. The number of aromatic nitrogens is 2. The van der Waals surface area contributed by atoms with Gasteiger partial charge in [0.2, 0.25) is 0 Å². The molecule has 1 aliphatic heterocycles. The van der Waals surface area contributed by atoms with Crippen LogP contribution in [0.3, 0.4) is 0 Å². The van der Waals surface area contributed by atoms with Crippen molar-refractivity contribution >= 4 is 17.4 Å². The van der Waals surface area contributed by atoms with Gasteiger partial charge >= 0.3 is 0 Å². The van der Waals surface area contributed by atoms with E-state index in [1.807, 2.05) is 6.92 Å². The molecule has 0 N–H and O–H groups in total. The summed E-state index contributed by atoms with van der Waals surface area (Å²) in [6, 6.07) is 0.517. The van der Waals surface area contributed by atoms with Crippen LogP contribution in [0.2, 0.25) is 5.15 Å². The zero-order chi connectivity index (χ0) is 14.4. The molecule has 3 rings (SSSR count). The summed E-state index contributed by atoms with van der Waals surface area (Å²) in [6.07, 6.45) is 3.72. The van der Waals surface area contributed by atoms with Gasteiger partial charge in [0.15, 0.2) is 0 Å². The molecule has 1 saturated heterocycles. The van der Waals surface area contributed by atoms with E-state index in [9.17, 15) is 0 Å². The fourth-order valence-corrected chi connectivity index (χ4v) is 3.46. The molecule has 4 heteroatoms. The van der Waals surface area contributed by atoms with Crippen LogP contribution in [0.25, 0.3) is 0 Å². The highest BCUT2D eigenvalue weighted by Gasteiger charge is 2.33. The number of piperidine rings is 1. The molecule has 1 saturated carbocycles. The second kappa shape index (κ2) is 5.18. The summed E-state index contributed by atoms with van der Waals surface area (Å²) in [7, 11) is 0. The van der Waals surface area contributed by atoms with Crippen molar-refractivity contribution in [1.82, 2.24) is 9.97 Å². The molecule has 2 aliphatic rings. The predicted molar refractivity (Wildman–Crippen MR) is 83.5 cm³/mol. The quantitative estimate of drug-likeness (QED) is 0.766. The Kier molecular flexibility index (Phi) is 3.65. The van der Waals surface area contributed by atoms with E-state index in [4.69, 9.17) is 16.6 Å². The Labute approximate surface area is 126 Å². The number of hydrogen-bond acceptors (Lipinski definition) is 3. The van der Waals surface area contributed by atoms with Crippen molar-refractivity contribution in [3.05, 3.63) is 16.5 Å². The molecule has 3 atom stereocenters. The third-order valence-electron chi connectivity index (χ3n) is 4.89. The van der Waals surface area contributed by atoms with Gasteiger partial charge in [-0.15, -0.1) is 0 Å². The fraction of sp³-hybridized carbons (Fsp3) is 0.750. The molecule has 0 amide bonds. The van der Waals surface area contributed by atoms with Gasteiger partial charge in [-0.1, -0.05) is 25.4 Å². The van der Waals surface area contributed by atoms with E-state index in [-0.39, 0.29) is 0 Å². The van der Waals surface area contributed by atoms with Crippen molar-refractivity contribution < 1.29 is 0 Å². The van der Waals surface area contributed by atoms with Gasteiger partial charge in [-0.2, -0.15) is 0 Å². The fourth-order valence-electron chi connectivity index (χ4n) is 3.29. The van der Waals surface area contributed by atoms with Crippen molar-refractivity contribution in [2.24, 2.45) is 11.8 Å². The molecule has 0 bridgehead atoms. The molecule has 2 fully saturated rings. The van der Waals surface area contributed by atoms with Gasteiger partial charge in [0.25, 0.3) is 0 Å². The van der Waals surface area contributed by atoms with Crippen LogP contribution >= 0.6 is 11.6 Å². The van der Waals surface area contributed by atoms with Crippen molar-refractivity contribution in [2.45, 2.75) is 58.9 Å². The van der Waals surface area contributed by atoms with E-state index < -0.39 is 0 Å². The van der Waals surface area contributed by atoms with Crippen molar-refractivity contribution in [2.75, 3.05) is 11.4 Å². The molecule has 110 valence electrons. The van der Waals surface area contributed by atoms with E-state index >= 15 is 0 Å². The Bertz CT molecular complexity index is 513. The van der Waals surface area contributed by atoms with Gasteiger partial charge in [-0.05, 0) is 44.9 Å². The number of rotatable bonds is 2. The van der Waals surface area contributed by atoms with Crippen LogP contribution in [0.4, 0.5) is 5.82 Å². The molecule has 0 spiro atoms. The monoisotopic (exact) mass is 293 g/mol. The maximum absolute atomic E-state index is 6.35. The topological polar surface area (TPSA) is 29.0 Å². The normalized spacial score (nSPS) is 30.6. The van der Waals surface area contributed by atoms with E-state index in [0.29, 0.717) is 28.9 Å². The minimum Gasteiger partial charge on any atom is -0.353 e. The van der Waals surface area contributed by atoms with Gasteiger partial charge in [-0.25, -0.2) is 9.97 Å². The summed E-state index contributed by atoms with van der Waals surface area (Å²) >= 11 is 6.35. The molecule has 0 radical (unpaired) electrons. The Hall–Kier alpha value is -0.830. The largest absolute Gasteiger partial charge is 0.353 e. The third-order valence-corrected chi connectivity index (χ3v) is 5.26. The number of halogens is 1. The minimum atomic E-state index is 0.517. The standard InChI is InChI=1S/C16H24ClN3/c1-9-7-10(2)12(4)20(8-9)16-11(3)14(17)18-15(19-16)13-5-6-13/h9-10,12-13H,5-8H2,1-4H3. The van der Waals surface area contributed by atoms with Crippen LogP contribution < -0.4 is 4.90 Å². The van der Waals surface area contributed by atoms with E-state index in [1.54, 1.807) is 0 Å². The van der Waals surface area contributed by atoms with E-state index in [2.05, 4.69) is 30.7 Å². The Balaban J connectivity index is 1.99. The maximum atomic E-state index is 6.35. The third kappa shape index (κ3) is 2.52. The van der Waals surface area contributed by atoms with E-state index in [0.717, 1.165) is 23.8 Å². The van der Waals surface area contributed by atoms with Crippen molar-refractivity contribution in [3.8, 4) is 0 Å². The summed E-state index contributed by atoms with van der Waals surface area (Å²) in [5.74, 6) is 3.96. The van der Waals surface area contributed by atoms with Gasteiger partial charge < -0.3 is 4.90 Å². The first-order valence-corrected chi connectivity index (χ1v) is 8.15. The van der Waals surface area contributed by atoms with Crippen LogP contribution in [0, 0.1) is 18.8 Å². The number of hydrogen-bond donors (Lipinski definition) is 0. The van der Waals surface area contributed by atoms with Gasteiger partial charge in [0, 0.05) is 24.1 Å². The lowest BCUT2D eigenvalue weighted by Gasteiger charge is -2.42. The van der Waals surface area contributed by atoms with Crippen molar-refractivity contribution in [3.63, 3.8) is 0 Å². The van der Waals surface area contributed by atoms with E-state index in [1.165, 1.54) is 19.3 Å². The van der Waals surface area contributed by atoms with Gasteiger partial charge in [0.1, 0.15) is 16.8 Å². The first-order valence-electron chi connectivity index (χ1n) is 7.78. The second-order valence-electron chi connectivity index (χ2n) is 6.81. The van der Waals surface area contributed by atoms with Crippen LogP contribution in [-0.4, -0.2) is 22.6 Å². The molecule has 20 heavy (non-hydrogen) atoms. The van der Waals surface area contributed by atoms with Crippen molar-refractivity contribution in [1.29, 1.82) is 0 Å². The highest BCUT2D eigenvalue weighted by molar-refractivity contribution is 6.30. The number of nitrogens with zero attached hydrogens (tertiary/aromatic N) is 3. The van der Waals surface area contributed by atoms with Crippen LogP contribution in [-0.2, 0) is 0 Å². The molecule has 0 aromatic carbocycles. The SMILES string of the molecule is Cc1c(Cl)nc(C2CC2)nc1N1CC(C)CC(C)C1C. The molecule has 2 heterocycles. The second-order valence-corrected chi connectivity index (χ2v) is 7.16. The minimum absolute atomic E-state index is 0.517. The van der Waals surface area contributed by atoms with Crippen LogP contribution in [0.1, 0.15) is 57.3 Å². The first kappa shape index (κ1) is 14.1. The lowest BCUT2D eigenvalue weighted by Crippen LogP contribution is -2.46. The molecule has 3 nitrogen and oxygen atoms in total. The molecular formula is C16H24ClN3. The van der Waals surface area contributed by atoms with Gasteiger partial charge in [0.05, 0.1) is 0 Å². The summed E-state index contributed by atoms with van der Waals surface area (Å²) in [5, 5.41) is 0.634. The van der Waals surface area contributed by atoms with Crippen LogP contribution in [0.5, 0.6) is 0 Å². The molecule has 1 aromatic rings. The molecular weight excluding hydrogens is 270 g/mol. The molecule has 3 unspecified atom stereocenters. The summed E-state index contributed by atoms with van der Waals surface area (Å²) in [5.41, 5.74) is 1.03. The van der Waals surface area contributed by atoms with Gasteiger partial charge in [-0.3, -0.25) is 0 Å². The Morgan fingerprint density at radius 1 is 1.15 bits per heavy atom. The zero-order valence-electron chi connectivity index (χ0n) is 12.9. The summed E-state index contributed by atoms with van der Waals surface area (Å²) in [6.45, 7) is 10.1. The Morgan fingerprint density at radius 3 is 2.50 bits per heavy atom. The predicted octanol–water partition coefficient (Wildman–Crippen LogP) is 4.19. The van der Waals surface area contributed by atoms with Crippen LogP contribution in [0.15, 0.2) is 0 Å². The highest BCUT2D eigenvalue weighted by atomic mass is 35.5. The molecule has 1 aliphatic carbocycles. The summed E-state index contributed by atoms with van der Waals surface area (Å²) < 4.78 is 0. The highest BCUT2D eigenvalue weighted by Crippen LogP contribution is 2.41. The maximum Gasteiger partial charge on any atom is 0.137 e. The lowest BCUT2D eigenvalue weighted by atomic mass is 9.86. The smallest absolute Gasteiger partial charge is 0.137 e. The zero-order valence-corrected chi connectivity index (χ0v) is 13.6.